The first-order valence-corrected chi connectivity index (χ1v) is 7.84. The van der Waals surface area contributed by atoms with Crippen LogP contribution in [-0.2, 0) is 6.61 Å². The molecule has 0 radical (unpaired) electrons. The molecular weight excluding hydrogens is 325 g/mol. The van der Waals surface area contributed by atoms with E-state index in [0.717, 1.165) is 16.9 Å². The maximum Gasteiger partial charge on any atom is 0.128 e. The van der Waals surface area contributed by atoms with E-state index >= 15 is 0 Å². The molecule has 2 nitrogen and oxygen atoms in total. The molecule has 24 heavy (non-hydrogen) atoms. The van der Waals surface area contributed by atoms with Crippen molar-refractivity contribution >= 4 is 23.5 Å². The van der Waals surface area contributed by atoms with Crippen LogP contribution in [0.3, 0.4) is 0 Å². The summed E-state index contributed by atoms with van der Waals surface area (Å²) in [6.45, 7) is 0.443. The number of nitrogens with zero attached hydrogens (tertiary/aromatic N) is 1. The van der Waals surface area contributed by atoms with Crippen LogP contribution in [0.2, 0.25) is 5.02 Å². The quantitative estimate of drug-likeness (QED) is 0.537. The van der Waals surface area contributed by atoms with Gasteiger partial charge in [-0.05, 0) is 54.1 Å². The molecule has 0 amide bonds. The molecule has 0 bridgehead atoms. The Morgan fingerprint density at radius 1 is 0.917 bits per heavy atom. The van der Waals surface area contributed by atoms with E-state index in [1.165, 1.54) is 12.1 Å². The van der Waals surface area contributed by atoms with Crippen molar-refractivity contribution in [2.24, 2.45) is 4.99 Å². The van der Waals surface area contributed by atoms with Gasteiger partial charge in [0.1, 0.15) is 18.2 Å². The van der Waals surface area contributed by atoms with Gasteiger partial charge in [-0.25, -0.2) is 4.39 Å². The van der Waals surface area contributed by atoms with Gasteiger partial charge in [-0.3, -0.25) is 4.99 Å². The van der Waals surface area contributed by atoms with Gasteiger partial charge >= 0.3 is 0 Å². The molecule has 0 atom stereocenters. The molecule has 0 fully saturated rings. The second-order valence-corrected chi connectivity index (χ2v) is 5.62. The van der Waals surface area contributed by atoms with Gasteiger partial charge in [0.15, 0.2) is 0 Å². The van der Waals surface area contributed by atoms with Crippen molar-refractivity contribution in [3.8, 4) is 5.75 Å². The van der Waals surface area contributed by atoms with Crippen LogP contribution in [0.1, 0.15) is 11.1 Å². The number of aliphatic imine (C=N–C) groups is 1. The van der Waals surface area contributed by atoms with Crippen molar-refractivity contribution < 1.29 is 9.13 Å². The Balaban J connectivity index is 1.72. The molecule has 0 aliphatic heterocycles. The zero-order valence-corrected chi connectivity index (χ0v) is 13.6. The maximum absolute atomic E-state index is 12.9. The number of hydrogen-bond acceptors (Lipinski definition) is 2. The van der Waals surface area contributed by atoms with E-state index in [9.17, 15) is 4.39 Å². The third kappa shape index (κ3) is 4.43. The summed E-state index contributed by atoms with van der Waals surface area (Å²) in [6, 6.07) is 21.2. The number of benzene rings is 3. The molecule has 0 heterocycles. The SMILES string of the molecule is Fc1ccc(N=Cc2ccccc2OCc2ccc(Cl)cc2)cc1. The molecule has 0 saturated carbocycles. The van der Waals surface area contributed by atoms with Crippen LogP contribution in [0, 0.1) is 5.82 Å². The molecule has 0 aliphatic carbocycles. The fraction of sp³-hybridized carbons (Fsp3) is 0.0500. The van der Waals surface area contributed by atoms with Gasteiger partial charge in [-0.15, -0.1) is 0 Å². The minimum atomic E-state index is -0.277. The summed E-state index contributed by atoms with van der Waals surface area (Å²) >= 11 is 5.88. The summed E-state index contributed by atoms with van der Waals surface area (Å²) in [4.78, 5) is 4.36. The zero-order valence-electron chi connectivity index (χ0n) is 12.8. The van der Waals surface area contributed by atoms with Gasteiger partial charge in [0.05, 0.1) is 5.69 Å². The Kier molecular flexibility index (Phi) is 5.24. The van der Waals surface area contributed by atoms with Crippen LogP contribution in [0.4, 0.5) is 10.1 Å². The lowest BCUT2D eigenvalue weighted by atomic mass is 10.2. The Morgan fingerprint density at radius 2 is 1.62 bits per heavy atom. The Hall–Kier alpha value is -2.65. The van der Waals surface area contributed by atoms with Gasteiger partial charge < -0.3 is 4.74 Å². The van der Waals surface area contributed by atoms with Crippen LogP contribution in [-0.4, -0.2) is 6.21 Å². The second kappa shape index (κ2) is 7.75. The monoisotopic (exact) mass is 339 g/mol. The van der Waals surface area contributed by atoms with Crippen LogP contribution in [0.25, 0.3) is 0 Å². The minimum Gasteiger partial charge on any atom is -0.488 e. The summed E-state index contributed by atoms with van der Waals surface area (Å²) in [5.41, 5.74) is 2.57. The van der Waals surface area contributed by atoms with E-state index in [1.807, 2.05) is 48.5 Å². The molecule has 120 valence electrons. The highest BCUT2D eigenvalue weighted by atomic mass is 35.5. The van der Waals surface area contributed by atoms with Gasteiger partial charge in [-0.2, -0.15) is 0 Å². The van der Waals surface area contributed by atoms with E-state index in [-0.39, 0.29) is 5.82 Å². The fourth-order valence-electron chi connectivity index (χ4n) is 2.13. The number of ether oxygens (including phenoxy) is 1. The minimum absolute atomic E-state index is 0.277. The van der Waals surface area contributed by atoms with Gasteiger partial charge in [0.2, 0.25) is 0 Å². The standard InChI is InChI=1S/C20H15ClFNO/c21-17-7-5-15(6-8-17)14-24-20-4-2-1-3-16(20)13-23-19-11-9-18(22)10-12-19/h1-13H,14H2. The predicted octanol–water partition coefficient (Wildman–Crippen LogP) is 5.81. The smallest absolute Gasteiger partial charge is 0.128 e. The van der Waals surface area contributed by atoms with Crippen molar-refractivity contribution in [2.45, 2.75) is 6.61 Å². The third-order valence-corrected chi connectivity index (χ3v) is 3.66. The number of halogens is 2. The molecular formula is C20H15ClFNO. The lowest BCUT2D eigenvalue weighted by Crippen LogP contribution is -1.98. The van der Waals surface area contributed by atoms with Gasteiger partial charge in [0.25, 0.3) is 0 Å². The highest BCUT2D eigenvalue weighted by Crippen LogP contribution is 2.20. The summed E-state index contributed by atoms with van der Waals surface area (Å²) in [7, 11) is 0. The molecule has 0 saturated heterocycles. The lowest BCUT2D eigenvalue weighted by molar-refractivity contribution is 0.306. The molecule has 3 rings (SSSR count). The molecule has 0 unspecified atom stereocenters. The van der Waals surface area contributed by atoms with Gasteiger partial charge in [0, 0.05) is 16.8 Å². The van der Waals surface area contributed by atoms with Crippen LogP contribution < -0.4 is 4.74 Å². The third-order valence-electron chi connectivity index (χ3n) is 3.41. The lowest BCUT2D eigenvalue weighted by Gasteiger charge is -2.09. The largest absolute Gasteiger partial charge is 0.488 e. The van der Waals surface area contributed by atoms with Crippen molar-refractivity contribution in [1.29, 1.82) is 0 Å². The number of hydrogen-bond donors (Lipinski definition) is 0. The molecule has 0 spiro atoms. The number of rotatable bonds is 5. The average Bonchev–Trinajstić information content (AvgIpc) is 2.61. The van der Waals surface area contributed by atoms with E-state index in [1.54, 1.807) is 18.3 Å². The van der Waals surface area contributed by atoms with E-state index < -0.39 is 0 Å². The van der Waals surface area contributed by atoms with Crippen molar-refractivity contribution in [2.75, 3.05) is 0 Å². The Bertz CT molecular complexity index is 829. The van der Waals surface area contributed by atoms with E-state index in [0.29, 0.717) is 17.3 Å². The first-order chi connectivity index (χ1) is 11.7. The molecule has 3 aromatic rings. The normalized spacial score (nSPS) is 10.9. The summed E-state index contributed by atoms with van der Waals surface area (Å²) < 4.78 is 18.8. The molecule has 0 aromatic heterocycles. The zero-order chi connectivity index (χ0) is 16.8. The molecule has 4 heteroatoms. The predicted molar refractivity (Wildman–Crippen MR) is 95.9 cm³/mol. The van der Waals surface area contributed by atoms with E-state index in [2.05, 4.69) is 4.99 Å². The summed E-state index contributed by atoms with van der Waals surface area (Å²) in [5, 5.41) is 0.700. The average molecular weight is 340 g/mol. The van der Waals surface area contributed by atoms with Crippen molar-refractivity contribution in [1.82, 2.24) is 0 Å². The Morgan fingerprint density at radius 3 is 2.38 bits per heavy atom. The maximum atomic E-state index is 12.9. The van der Waals surface area contributed by atoms with Crippen molar-refractivity contribution in [3.63, 3.8) is 0 Å². The highest BCUT2D eigenvalue weighted by Gasteiger charge is 2.02. The second-order valence-electron chi connectivity index (χ2n) is 5.19. The molecule has 0 aliphatic rings. The highest BCUT2D eigenvalue weighted by molar-refractivity contribution is 6.30. The van der Waals surface area contributed by atoms with Crippen LogP contribution in [0.5, 0.6) is 5.75 Å². The van der Waals surface area contributed by atoms with Crippen LogP contribution in [0.15, 0.2) is 77.8 Å². The molecule has 0 N–H and O–H groups in total. The number of para-hydroxylation sites is 1. The summed E-state index contributed by atoms with van der Waals surface area (Å²) in [6.07, 6.45) is 1.71. The Labute approximate surface area is 145 Å². The van der Waals surface area contributed by atoms with Crippen LogP contribution >= 0.6 is 11.6 Å². The first kappa shape index (κ1) is 16.2. The van der Waals surface area contributed by atoms with Crippen molar-refractivity contribution in [3.05, 3.63) is 94.8 Å². The fourth-order valence-corrected chi connectivity index (χ4v) is 2.26. The van der Waals surface area contributed by atoms with E-state index in [4.69, 9.17) is 16.3 Å². The first-order valence-electron chi connectivity index (χ1n) is 7.46. The topological polar surface area (TPSA) is 21.6 Å². The molecule has 3 aromatic carbocycles. The summed E-state index contributed by atoms with van der Waals surface area (Å²) in [5.74, 6) is 0.457. The van der Waals surface area contributed by atoms with Gasteiger partial charge in [-0.1, -0.05) is 35.9 Å².